The molecule has 0 radical (unpaired) electrons. The van der Waals surface area contributed by atoms with E-state index < -0.39 is 38.4 Å². The van der Waals surface area contributed by atoms with E-state index >= 15 is 0 Å². The average Bonchev–Trinajstić information content (AvgIpc) is 2.11. The number of hydrogen-bond acceptors (Lipinski definition) is 3. The molecule has 1 fully saturated rings. The minimum absolute atomic E-state index is 0.111. The molecule has 0 atom stereocenters. The Kier molecular flexibility index (Phi) is 3.35. The fraction of sp³-hybridized carbons (Fsp3) is 0.400. The van der Waals surface area contributed by atoms with E-state index in [0.29, 0.717) is 25.0 Å². The lowest BCUT2D eigenvalue weighted by Crippen LogP contribution is -2.50. The van der Waals surface area contributed by atoms with Crippen molar-refractivity contribution in [2.75, 3.05) is 0 Å². The molecule has 100 valence electrons. The van der Waals surface area contributed by atoms with Gasteiger partial charge in [0, 0.05) is 24.2 Å². The first-order valence-corrected chi connectivity index (χ1v) is 6.70. The zero-order valence-corrected chi connectivity index (χ0v) is 9.98. The lowest BCUT2D eigenvalue weighted by atomic mass is 9.89. The third kappa shape index (κ3) is 2.50. The summed E-state index contributed by atoms with van der Waals surface area (Å²) in [6.07, 6.45) is 0.813. The number of halogens is 3. The van der Waals surface area contributed by atoms with Crippen LogP contribution in [-0.2, 0) is 10.0 Å². The number of nitrogens with one attached hydrogen (secondary N) is 1. The van der Waals surface area contributed by atoms with Gasteiger partial charge in [-0.25, -0.2) is 26.3 Å². The third-order valence-corrected chi connectivity index (χ3v) is 4.30. The van der Waals surface area contributed by atoms with E-state index in [1.54, 1.807) is 0 Å². The molecule has 1 aliphatic carbocycles. The highest BCUT2D eigenvalue weighted by Crippen LogP contribution is 2.24. The van der Waals surface area contributed by atoms with Crippen LogP contribution in [0.4, 0.5) is 13.2 Å². The number of benzene rings is 1. The van der Waals surface area contributed by atoms with Crippen molar-refractivity contribution in [2.24, 2.45) is 5.73 Å². The van der Waals surface area contributed by atoms with Gasteiger partial charge in [0.2, 0.25) is 10.0 Å². The van der Waals surface area contributed by atoms with Crippen LogP contribution in [0.2, 0.25) is 0 Å². The molecule has 0 spiro atoms. The molecular weight excluding hydrogens is 269 g/mol. The molecular formula is C10H11F3N2O2S. The van der Waals surface area contributed by atoms with Gasteiger partial charge in [0.25, 0.3) is 0 Å². The maximum atomic E-state index is 13.3. The Labute approximate surface area is 102 Å². The van der Waals surface area contributed by atoms with E-state index in [4.69, 9.17) is 5.73 Å². The molecule has 0 unspecified atom stereocenters. The molecule has 18 heavy (non-hydrogen) atoms. The summed E-state index contributed by atoms with van der Waals surface area (Å²) in [4.78, 5) is -1.16. The lowest BCUT2D eigenvalue weighted by Gasteiger charge is -2.32. The summed E-state index contributed by atoms with van der Waals surface area (Å²) in [7, 11) is -4.34. The van der Waals surface area contributed by atoms with Gasteiger partial charge in [0.05, 0.1) is 0 Å². The van der Waals surface area contributed by atoms with Gasteiger partial charge in [-0.2, -0.15) is 0 Å². The van der Waals surface area contributed by atoms with Gasteiger partial charge in [0.15, 0.2) is 4.90 Å². The molecule has 0 saturated heterocycles. The van der Waals surface area contributed by atoms with E-state index in [1.807, 2.05) is 0 Å². The Balaban J connectivity index is 2.30. The number of rotatable bonds is 3. The van der Waals surface area contributed by atoms with Crippen molar-refractivity contribution in [1.29, 1.82) is 0 Å². The quantitative estimate of drug-likeness (QED) is 0.863. The van der Waals surface area contributed by atoms with Crippen LogP contribution in [0.1, 0.15) is 12.8 Å². The van der Waals surface area contributed by atoms with Crippen LogP contribution in [0.25, 0.3) is 0 Å². The molecule has 3 N–H and O–H groups in total. The molecule has 0 aliphatic heterocycles. The summed E-state index contributed by atoms with van der Waals surface area (Å²) in [5.74, 6) is -4.08. The van der Waals surface area contributed by atoms with Crippen molar-refractivity contribution in [2.45, 2.75) is 29.8 Å². The number of nitrogens with two attached hydrogens (primary N) is 1. The second kappa shape index (κ2) is 4.52. The normalized spacial score (nSPS) is 23.8. The minimum Gasteiger partial charge on any atom is -0.328 e. The second-order valence-electron chi connectivity index (χ2n) is 4.25. The van der Waals surface area contributed by atoms with Crippen LogP contribution >= 0.6 is 0 Å². The largest absolute Gasteiger partial charge is 0.328 e. The van der Waals surface area contributed by atoms with Crippen LogP contribution in [0.5, 0.6) is 0 Å². The first kappa shape index (κ1) is 13.3. The number of hydrogen-bond donors (Lipinski definition) is 2. The van der Waals surface area contributed by atoms with Crippen LogP contribution in [0, 0.1) is 17.5 Å². The minimum atomic E-state index is -4.34. The topological polar surface area (TPSA) is 72.2 Å². The maximum absolute atomic E-state index is 13.3. The molecule has 1 aromatic rings. The molecule has 0 aromatic heterocycles. The summed E-state index contributed by atoms with van der Waals surface area (Å²) < 4.78 is 65.0. The molecule has 0 heterocycles. The molecule has 8 heteroatoms. The predicted octanol–water partition coefficient (Wildman–Crippen LogP) is 0.872. The average molecular weight is 280 g/mol. The molecule has 1 aromatic carbocycles. The Morgan fingerprint density at radius 3 is 2.11 bits per heavy atom. The SMILES string of the molecule is NC1CC(NS(=O)(=O)c2c(F)cc(F)cc2F)C1. The van der Waals surface area contributed by atoms with Crippen LogP contribution < -0.4 is 10.5 Å². The van der Waals surface area contributed by atoms with Crippen LogP contribution in [-0.4, -0.2) is 20.5 Å². The van der Waals surface area contributed by atoms with E-state index in [9.17, 15) is 21.6 Å². The highest BCUT2D eigenvalue weighted by molar-refractivity contribution is 7.89. The molecule has 1 aliphatic rings. The third-order valence-electron chi connectivity index (χ3n) is 2.73. The Morgan fingerprint density at radius 2 is 1.67 bits per heavy atom. The van der Waals surface area contributed by atoms with Crippen LogP contribution in [0.3, 0.4) is 0 Å². The fourth-order valence-electron chi connectivity index (χ4n) is 1.82. The van der Waals surface area contributed by atoms with Crippen molar-refractivity contribution >= 4 is 10.0 Å². The van der Waals surface area contributed by atoms with Gasteiger partial charge in [0.1, 0.15) is 17.5 Å². The zero-order chi connectivity index (χ0) is 13.5. The molecule has 0 bridgehead atoms. The first-order chi connectivity index (χ1) is 8.29. The van der Waals surface area contributed by atoms with E-state index in [1.165, 1.54) is 0 Å². The Hall–Kier alpha value is -1.12. The van der Waals surface area contributed by atoms with Crippen LogP contribution in [0.15, 0.2) is 17.0 Å². The zero-order valence-electron chi connectivity index (χ0n) is 9.16. The van der Waals surface area contributed by atoms with Gasteiger partial charge in [-0.1, -0.05) is 0 Å². The van der Waals surface area contributed by atoms with Gasteiger partial charge >= 0.3 is 0 Å². The highest BCUT2D eigenvalue weighted by atomic mass is 32.2. The Bertz CT molecular complexity index is 547. The summed E-state index contributed by atoms with van der Waals surface area (Å²) in [5.41, 5.74) is 5.47. The molecule has 4 nitrogen and oxygen atoms in total. The van der Waals surface area contributed by atoms with Gasteiger partial charge < -0.3 is 5.73 Å². The van der Waals surface area contributed by atoms with E-state index in [0.717, 1.165) is 0 Å². The summed E-state index contributed by atoms with van der Waals surface area (Å²) >= 11 is 0. The molecule has 2 rings (SSSR count). The van der Waals surface area contributed by atoms with Crippen molar-refractivity contribution in [1.82, 2.24) is 4.72 Å². The summed E-state index contributed by atoms with van der Waals surface area (Å²) in [6, 6.07) is 0.100. The molecule has 1 saturated carbocycles. The lowest BCUT2D eigenvalue weighted by molar-refractivity contribution is 0.326. The summed E-state index contributed by atoms with van der Waals surface area (Å²) in [6.45, 7) is 0. The van der Waals surface area contributed by atoms with Crippen molar-refractivity contribution in [3.05, 3.63) is 29.6 Å². The van der Waals surface area contributed by atoms with Gasteiger partial charge in [-0.15, -0.1) is 0 Å². The summed E-state index contributed by atoms with van der Waals surface area (Å²) in [5, 5.41) is 0. The van der Waals surface area contributed by atoms with E-state index in [-0.39, 0.29) is 6.04 Å². The van der Waals surface area contributed by atoms with Gasteiger partial charge in [-0.3, -0.25) is 0 Å². The van der Waals surface area contributed by atoms with Crippen molar-refractivity contribution in [3.63, 3.8) is 0 Å². The van der Waals surface area contributed by atoms with Crippen molar-refractivity contribution < 1.29 is 21.6 Å². The van der Waals surface area contributed by atoms with E-state index in [2.05, 4.69) is 4.72 Å². The first-order valence-electron chi connectivity index (χ1n) is 5.22. The maximum Gasteiger partial charge on any atom is 0.246 e. The number of sulfonamides is 1. The monoisotopic (exact) mass is 280 g/mol. The molecule has 0 amide bonds. The Morgan fingerprint density at radius 1 is 1.17 bits per heavy atom. The predicted molar refractivity (Wildman–Crippen MR) is 57.6 cm³/mol. The van der Waals surface area contributed by atoms with Crippen molar-refractivity contribution in [3.8, 4) is 0 Å². The van der Waals surface area contributed by atoms with Gasteiger partial charge in [-0.05, 0) is 12.8 Å². The second-order valence-corrected chi connectivity index (χ2v) is 5.90. The smallest absolute Gasteiger partial charge is 0.246 e. The highest BCUT2D eigenvalue weighted by Gasteiger charge is 2.33. The fourth-order valence-corrected chi connectivity index (χ4v) is 3.20. The standard InChI is InChI=1S/C10H11F3N2O2S/c11-5-1-8(12)10(9(13)2-5)18(16,17)15-7-3-6(14)4-7/h1-2,6-7,15H,3-4,14H2.